The molecule has 0 bridgehead atoms. The van der Waals surface area contributed by atoms with Crippen molar-refractivity contribution in [1.29, 1.82) is 0 Å². The van der Waals surface area contributed by atoms with E-state index < -0.39 is 53.1 Å². The van der Waals surface area contributed by atoms with Gasteiger partial charge in [0.15, 0.2) is 0 Å². The van der Waals surface area contributed by atoms with Gasteiger partial charge in [-0.2, -0.15) is 26.3 Å². The summed E-state index contributed by atoms with van der Waals surface area (Å²) < 4.78 is 123. The van der Waals surface area contributed by atoms with Gasteiger partial charge >= 0.3 is 30.7 Å². The van der Waals surface area contributed by atoms with E-state index in [2.05, 4.69) is 0 Å². The zero-order valence-electron chi connectivity index (χ0n) is 11.8. The third-order valence-corrected chi connectivity index (χ3v) is 6.29. The number of alkyl halides is 6. The number of sulfone groups is 2. The fraction of sp³-hybridized carbons (Fsp3) is 0.667. The third-order valence-electron chi connectivity index (χ3n) is 3.04. The Labute approximate surface area is 127 Å². The second kappa shape index (κ2) is 5.36. The average molecular weight is 389 g/mol. The largest absolute Gasteiger partial charge is 0.505 e. The number of hydrogen-bond donors (Lipinski definition) is 0. The molecule has 0 N–H and O–H groups in total. The summed E-state index contributed by atoms with van der Waals surface area (Å²) in [6.45, 7) is 1.67. The predicted molar refractivity (Wildman–Crippen MR) is 62.5 cm³/mol. The van der Waals surface area contributed by atoms with E-state index >= 15 is 0 Å². The second-order valence-corrected chi connectivity index (χ2v) is 8.07. The number of imidazole rings is 1. The summed E-state index contributed by atoms with van der Waals surface area (Å²) in [7, 11) is -11.9. The summed E-state index contributed by atoms with van der Waals surface area (Å²) in [6, 6.07) is 0. The molecule has 0 saturated heterocycles. The van der Waals surface area contributed by atoms with Crippen LogP contribution in [0.25, 0.3) is 0 Å². The Hall–Kier alpha value is -1.31. The van der Waals surface area contributed by atoms with E-state index in [1.165, 1.54) is 0 Å². The lowest BCUT2D eigenvalue weighted by Gasteiger charge is -2.09. The van der Waals surface area contributed by atoms with Crippen LogP contribution in [0.15, 0.2) is 10.1 Å². The number of aromatic nitrogens is 2. The molecule has 14 heteroatoms. The topological polar surface area (TPSA) is 77.1 Å². The fourth-order valence-corrected chi connectivity index (χ4v) is 4.73. The van der Waals surface area contributed by atoms with Crippen LogP contribution >= 0.6 is 0 Å². The molecule has 0 fully saturated rings. The molecule has 134 valence electrons. The highest BCUT2D eigenvalue weighted by molar-refractivity contribution is 7.95. The van der Waals surface area contributed by atoms with Gasteiger partial charge < -0.3 is 0 Å². The van der Waals surface area contributed by atoms with Crippen LogP contribution in [0.1, 0.15) is 12.7 Å². The molecular weight excluding hydrogens is 378 g/mol. The zero-order valence-corrected chi connectivity index (χ0v) is 13.5. The zero-order chi connectivity index (χ0) is 18.6. The van der Waals surface area contributed by atoms with Crippen LogP contribution in [-0.4, -0.2) is 32.4 Å². The molecule has 1 aromatic heterocycles. The van der Waals surface area contributed by atoms with E-state index in [0.29, 0.717) is 4.57 Å². The van der Waals surface area contributed by atoms with Gasteiger partial charge in [-0.25, -0.2) is 26.0 Å². The number of nitrogens with zero attached hydrogens (tertiary/aromatic N) is 2. The summed E-state index contributed by atoms with van der Waals surface area (Å²) in [6.07, 6.45) is 0. The Kier molecular flexibility index (Phi) is 4.60. The Balaban J connectivity index is 4.12. The molecule has 0 atom stereocenters. The monoisotopic (exact) mass is 389 g/mol. The number of halogens is 6. The Morgan fingerprint density at radius 1 is 0.957 bits per heavy atom. The van der Waals surface area contributed by atoms with E-state index in [1.807, 2.05) is 0 Å². The fourth-order valence-electron chi connectivity index (χ4n) is 1.88. The van der Waals surface area contributed by atoms with Crippen molar-refractivity contribution >= 4 is 19.7 Å². The normalized spacial score (nSPS) is 14.3. The third kappa shape index (κ3) is 2.81. The van der Waals surface area contributed by atoms with E-state index in [4.69, 9.17) is 0 Å². The Morgan fingerprint density at radius 3 is 1.65 bits per heavy atom. The highest BCUT2D eigenvalue weighted by Gasteiger charge is 2.61. The first-order valence-electron chi connectivity index (χ1n) is 5.73. The molecular formula is C9H11F6N2O4S2+. The van der Waals surface area contributed by atoms with Crippen LogP contribution < -0.4 is 4.57 Å². The average Bonchev–Trinajstić information content (AvgIpc) is 2.59. The smallest absolute Gasteiger partial charge is 0.220 e. The second-order valence-electron chi connectivity index (χ2n) is 4.36. The maximum absolute atomic E-state index is 12.8. The van der Waals surface area contributed by atoms with Gasteiger partial charge in [0.25, 0.3) is 15.9 Å². The first kappa shape index (κ1) is 19.7. The maximum atomic E-state index is 12.8. The van der Waals surface area contributed by atoms with Gasteiger partial charge in [-0.05, 0) is 6.92 Å². The lowest BCUT2D eigenvalue weighted by molar-refractivity contribution is -0.715. The van der Waals surface area contributed by atoms with Crippen molar-refractivity contribution < 1.29 is 47.7 Å². The van der Waals surface area contributed by atoms with E-state index in [9.17, 15) is 43.2 Å². The van der Waals surface area contributed by atoms with Crippen LogP contribution in [-0.2, 0) is 33.3 Å². The molecule has 1 aromatic rings. The Bertz CT molecular complexity index is 833. The molecule has 0 amide bonds. The van der Waals surface area contributed by atoms with Crippen LogP contribution in [0, 0.1) is 6.92 Å². The maximum Gasteiger partial charge on any atom is 0.505 e. The SMILES string of the molecule is CCn1c(S(=O)(=O)C(F)(F)F)c(S(=O)(=O)C(F)(F)F)[n+](C)c1C. The van der Waals surface area contributed by atoms with Gasteiger partial charge in [0, 0.05) is 6.92 Å². The van der Waals surface area contributed by atoms with Crippen molar-refractivity contribution in [3.05, 3.63) is 5.82 Å². The van der Waals surface area contributed by atoms with Gasteiger partial charge in [0.1, 0.15) is 0 Å². The van der Waals surface area contributed by atoms with Crippen LogP contribution in [0.3, 0.4) is 0 Å². The molecule has 6 nitrogen and oxygen atoms in total. The molecule has 23 heavy (non-hydrogen) atoms. The molecule has 0 aromatic carbocycles. The number of rotatable bonds is 3. The highest BCUT2D eigenvalue weighted by atomic mass is 32.2. The van der Waals surface area contributed by atoms with Crippen molar-refractivity contribution in [3.8, 4) is 0 Å². The van der Waals surface area contributed by atoms with Crippen molar-refractivity contribution in [3.63, 3.8) is 0 Å². The molecule has 1 rings (SSSR count). The van der Waals surface area contributed by atoms with Crippen molar-refractivity contribution in [2.45, 2.75) is 41.5 Å². The highest BCUT2D eigenvalue weighted by Crippen LogP contribution is 2.38. The van der Waals surface area contributed by atoms with Gasteiger partial charge in [-0.1, -0.05) is 0 Å². The molecule has 0 aliphatic carbocycles. The number of hydrogen-bond acceptors (Lipinski definition) is 4. The van der Waals surface area contributed by atoms with Crippen molar-refractivity contribution in [1.82, 2.24) is 4.57 Å². The molecule has 0 spiro atoms. The van der Waals surface area contributed by atoms with E-state index in [0.717, 1.165) is 20.9 Å². The van der Waals surface area contributed by atoms with Crippen LogP contribution in [0.2, 0.25) is 0 Å². The predicted octanol–water partition coefficient (Wildman–Crippen LogP) is 1.23. The van der Waals surface area contributed by atoms with Gasteiger partial charge in [-0.3, -0.25) is 0 Å². The standard InChI is InChI=1S/C9H11F6N2O4S2/c1-4-17-5(2)16(3)6(22(18,19)8(10,11)12)7(17)23(20,21)9(13,14)15/h4H2,1-3H3/q+1. The summed E-state index contributed by atoms with van der Waals surface area (Å²) in [5.41, 5.74) is -11.9. The summed E-state index contributed by atoms with van der Waals surface area (Å²) in [4.78, 5) is 0. The molecule has 0 aliphatic rings. The van der Waals surface area contributed by atoms with Crippen LogP contribution in [0.4, 0.5) is 26.3 Å². The molecule has 0 aliphatic heterocycles. The lowest BCUT2D eigenvalue weighted by atomic mass is 10.6. The minimum atomic E-state index is -6.33. The summed E-state index contributed by atoms with van der Waals surface area (Å²) in [5, 5.41) is -3.92. The first-order valence-corrected chi connectivity index (χ1v) is 8.70. The first-order chi connectivity index (χ1) is 10.0. The van der Waals surface area contributed by atoms with Crippen molar-refractivity contribution in [2.24, 2.45) is 7.05 Å². The molecule has 1 heterocycles. The van der Waals surface area contributed by atoms with E-state index in [1.54, 1.807) is 0 Å². The summed E-state index contributed by atoms with van der Waals surface area (Å²) in [5.74, 6) is -0.404. The molecule has 0 radical (unpaired) electrons. The van der Waals surface area contributed by atoms with Crippen molar-refractivity contribution in [2.75, 3.05) is 0 Å². The van der Waals surface area contributed by atoms with Gasteiger partial charge in [-0.15, -0.1) is 0 Å². The minimum Gasteiger partial charge on any atom is -0.220 e. The van der Waals surface area contributed by atoms with Crippen LogP contribution in [0.5, 0.6) is 0 Å². The summed E-state index contributed by atoms with van der Waals surface area (Å²) >= 11 is 0. The Morgan fingerprint density at radius 2 is 1.35 bits per heavy atom. The lowest BCUT2D eigenvalue weighted by Crippen LogP contribution is -2.41. The van der Waals surface area contributed by atoms with Gasteiger partial charge in [0.2, 0.25) is 0 Å². The van der Waals surface area contributed by atoms with Gasteiger partial charge in [0.05, 0.1) is 13.6 Å². The minimum absolute atomic E-state index is 0.255. The quantitative estimate of drug-likeness (QED) is 0.576. The molecule has 0 unspecified atom stereocenters. The van der Waals surface area contributed by atoms with E-state index in [-0.39, 0.29) is 4.57 Å². The molecule has 0 saturated carbocycles.